The van der Waals surface area contributed by atoms with Crippen LogP contribution in [0.1, 0.15) is 5.56 Å². The van der Waals surface area contributed by atoms with E-state index >= 15 is 0 Å². The molecule has 6 heteroatoms. The first-order valence-electron chi connectivity index (χ1n) is 5.45. The molecule has 0 unspecified atom stereocenters. The van der Waals surface area contributed by atoms with Gasteiger partial charge in [-0.1, -0.05) is 40.2 Å². The predicted octanol–water partition coefficient (Wildman–Crippen LogP) is 3.52. The Hall–Kier alpha value is -1.40. The van der Waals surface area contributed by atoms with Gasteiger partial charge >= 0.3 is 0 Å². The van der Waals surface area contributed by atoms with Gasteiger partial charge in [0.2, 0.25) is 0 Å². The fourth-order valence-corrected chi connectivity index (χ4v) is 2.95. The number of sulfonamides is 1. The van der Waals surface area contributed by atoms with Crippen LogP contribution in [0.15, 0.2) is 53.4 Å². The summed E-state index contributed by atoms with van der Waals surface area (Å²) < 4.78 is 39.8. The molecule has 0 heterocycles. The monoisotopic (exact) mass is 343 g/mol. The molecule has 0 aromatic heterocycles. The number of anilines is 1. The first-order chi connectivity index (χ1) is 9.03. The van der Waals surface area contributed by atoms with Crippen molar-refractivity contribution in [3.63, 3.8) is 0 Å². The average Bonchev–Trinajstić information content (AvgIpc) is 2.41. The second kappa shape index (κ2) is 5.71. The van der Waals surface area contributed by atoms with Gasteiger partial charge in [0.05, 0.1) is 10.6 Å². The summed E-state index contributed by atoms with van der Waals surface area (Å²) in [5, 5.41) is 0.647. The number of para-hydroxylation sites is 1. The van der Waals surface area contributed by atoms with E-state index in [1.165, 1.54) is 30.3 Å². The Morgan fingerprint density at radius 1 is 1.05 bits per heavy atom. The molecule has 2 aromatic carbocycles. The highest BCUT2D eigenvalue weighted by atomic mass is 79.9. The highest BCUT2D eigenvalue weighted by Crippen LogP contribution is 2.19. The minimum atomic E-state index is -3.77. The largest absolute Gasteiger partial charge is 0.277 e. The lowest BCUT2D eigenvalue weighted by Crippen LogP contribution is -2.13. The minimum absolute atomic E-state index is 0.0629. The topological polar surface area (TPSA) is 46.2 Å². The molecule has 100 valence electrons. The van der Waals surface area contributed by atoms with Crippen LogP contribution < -0.4 is 4.72 Å². The summed E-state index contributed by atoms with van der Waals surface area (Å²) in [4.78, 5) is 0.0976. The summed E-state index contributed by atoms with van der Waals surface area (Å²) in [7, 11) is -3.77. The first kappa shape index (κ1) is 14.0. The van der Waals surface area contributed by atoms with E-state index in [1.807, 2.05) is 0 Å². The number of alkyl halides is 1. The van der Waals surface area contributed by atoms with Crippen molar-refractivity contribution in [1.82, 2.24) is 0 Å². The van der Waals surface area contributed by atoms with Gasteiger partial charge in [-0.15, -0.1) is 0 Å². The SMILES string of the molecule is O=S(=O)(Nc1ccccc1F)c1ccc(CBr)cc1. The van der Waals surface area contributed by atoms with Crippen LogP contribution in [0.25, 0.3) is 0 Å². The van der Waals surface area contributed by atoms with Gasteiger partial charge < -0.3 is 0 Å². The van der Waals surface area contributed by atoms with Gasteiger partial charge in [0.15, 0.2) is 0 Å². The smallest absolute Gasteiger partial charge is 0.261 e. The lowest BCUT2D eigenvalue weighted by atomic mass is 10.2. The van der Waals surface area contributed by atoms with E-state index in [1.54, 1.807) is 18.2 Å². The molecule has 0 aliphatic rings. The van der Waals surface area contributed by atoms with Gasteiger partial charge in [-0.25, -0.2) is 12.8 Å². The lowest BCUT2D eigenvalue weighted by molar-refractivity contribution is 0.598. The Kier molecular flexibility index (Phi) is 4.21. The van der Waals surface area contributed by atoms with E-state index in [9.17, 15) is 12.8 Å². The van der Waals surface area contributed by atoms with Crippen molar-refractivity contribution >= 4 is 31.6 Å². The van der Waals surface area contributed by atoms with Crippen LogP contribution in [0, 0.1) is 5.82 Å². The van der Waals surface area contributed by atoms with E-state index < -0.39 is 15.8 Å². The second-order valence-electron chi connectivity index (χ2n) is 3.86. The third-order valence-electron chi connectivity index (χ3n) is 2.51. The van der Waals surface area contributed by atoms with Crippen LogP contribution in [0.3, 0.4) is 0 Å². The Labute approximate surface area is 119 Å². The average molecular weight is 344 g/mol. The van der Waals surface area contributed by atoms with Gasteiger partial charge in [0, 0.05) is 5.33 Å². The highest BCUT2D eigenvalue weighted by molar-refractivity contribution is 9.08. The van der Waals surface area contributed by atoms with Crippen LogP contribution in [0.2, 0.25) is 0 Å². The fourth-order valence-electron chi connectivity index (χ4n) is 1.51. The zero-order valence-corrected chi connectivity index (χ0v) is 12.2. The number of halogens is 2. The van der Waals surface area contributed by atoms with Gasteiger partial charge in [-0.3, -0.25) is 4.72 Å². The van der Waals surface area contributed by atoms with Gasteiger partial charge in [0.1, 0.15) is 5.82 Å². The number of hydrogen-bond acceptors (Lipinski definition) is 2. The molecule has 0 saturated carbocycles. The zero-order chi connectivity index (χ0) is 13.9. The molecule has 0 radical (unpaired) electrons. The zero-order valence-electron chi connectivity index (χ0n) is 9.81. The number of rotatable bonds is 4. The Morgan fingerprint density at radius 3 is 2.26 bits per heavy atom. The normalized spacial score (nSPS) is 11.3. The van der Waals surface area contributed by atoms with Crippen molar-refractivity contribution in [2.75, 3.05) is 4.72 Å². The molecular weight excluding hydrogens is 333 g/mol. The third-order valence-corrected chi connectivity index (χ3v) is 4.54. The minimum Gasteiger partial charge on any atom is -0.277 e. The van der Waals surface area contributed by atoms with Crippen molar-refractivity contribution in [3.05, 3.63) is 59.9 Å². The molecule has 2 rings (SSSR count). The molecule has 0 fully saturated rings. The van der Waals surface area contributed by atoms with E-state index in [0.717, 1.165) is 5.56 Å². The summed E-state index contributed by atoms with van der Waals surface area (Å²) in [6.07, 6.45) is 0. The maximum Gasteiger partial charge on any atom is 0.261 e. The van der Waals surface area contributed by atoms with Crippen LogP contribution in [0.4, 0.5) is 10.1 Å². The van der Waals surface area contributed by atoms with E-state index in [4.69, 9.17) is 0 Å². The van der Waals surface area contributed by atoms with Crippen molar-refractivity contribution in [1.29, 1.82) is 0 Å². The molecule has 0 bridgehead atoms. The molecule has 0 spiro atoms. The van der Waals surface area contributed by atoms with Crippen molar-refractivity contribution in [2.24, 2.45) is 0 Å². The quantitative estimate of drug-likeness (QED) is 0.863. The number of benzene rings is 2. The lowest BCUT2D eigenvalue weighted by Gasteiger charge is -2.09. The van der Waals surface area contributed by atoms with Crippen molar-refractivity contribution < 1.29 is 12.8 Å². The third kappa shape index (κ3) is 3.33. The Morgan fingerprint density at radius 2 is 1.68 bits per heavy atom. The van der Waals surface area contributed by atoms with Crippen LogP contribution in [0.5, 0.6) is 0 Å². The summed E-state index contributed by atoms with van der Waals surface area (Å²) in [6, 6.07) is 12.0. The molecular formula is C13H11BrFNO2S. The van der Waals surface area contributed by atoms with Gasteiger partial charge in [-0.2, -0.15) is 0 Å². The Balaban J connectivity index is 2.30. The molecule has 19 heavy (non-hydrogen) atoms. The predicted molar refractivity (Wildman–Crippen MR) is 76.3 cm³/mol. The van der Waals surface area contributed by atoms with E-state index in [0.29, 0.717) is 5.33 Å². The molecule has 0 atom stereocenters. The maximum absolute atomic E-state index is 13.4. The summed E-state index contributed by atoms with van der Waals surface area (Å²) in [5.74, 6) is -0.608. The molecule has 0 saturated heterocycles. The van der Waals surface area contributed by atoms with Gasteiger partial charge in [-0.05, 0) is 29.8 Å². The number of hydrogen-bond donors (Lipinski definition) is 1. The maximum atomic E-state index is 13.4. The van der Waals surface area contributed by atoms with Crippen LogP contribution in [-0.2, 0) is 15.4 Å². The fraction of sp³-hybridized carbons (Fsp3) is 0.0769. The molecule has 2 aromatic rings. The number of nitrogens with one attached hydrogen (secondary N) is 1. The highest BCUT2D eigenvalue weighted by Gasteiger charge is 2.15. The van der Waals surface area contributed by atoms with Crippen LogP contribution in [-0.4, -0.2) is 8.42 Å². The first-order valence-corrected chi connectivity index (χ1v) is 8.05. The van der Waals surface area contributed by atoms with Gasteiger partial charge in [0.25, 0.3) is 10.0 Å². The molecule has 0 amide bonds. The molecule has 0 aliphatic heterocycles. The molecule has 1 N–H and O–H groups in total. The van der Waals surface area contributed by atoms with Crippen molar-refractivity contribution in [2.45, 2.75) is 10.2 Å². The second-order valence-corrected chi connectivity index (χ2v) is 6.11. The summed E-state index contributed by atoms with van der Waals surface area (Å²) in [6.45, 7) is 0. The van der Waals surface area contributed by atoms with E-state index in [-0.39, 0.29) is 10.6 Å². The standard InChI is InChI=1S/C13H11BrFNO2S/c14-9-10-5-7-11(8-6-10)19(17,18)16-13-4-2-1-3-12(13)15/h1-8,16H,9H2. The Bertz CT molecular complexity index is 671. The van der Waals surface area contributed by atoms with Crippen LogP contribution >= 0.6 is 15.9 Å². The van der Waals surface area contributed by atoms with E-state index in [2.05, 4.69) is 20.7 Å². The molecule has 0 aliphatic carbocycles. The summed E-state index contributed by atoms with van der Waals surface area (Å²) in [5.41, 5.74) is 0.900. The van der Waals surface area contributed by atoms with Crippen molar-refractivity contribution in [3.8, 4) is 0 Å². The summed E-state index contributed by atoms with van der Waals surface area (Å²) >= 11 is 3.28. The molecule has 3 nitrogen and oxygen atoms in total.